The molecular formula is C14H16N4S2. The molecule has 0 aliphatic carbocycles. The third-order valence-corrected chi connectivity index (χ3v) is 4.55. The van der Waals surface area contributed by atoms with E-state index in [9.17, 15) is 0 Å². The summed E-state index contributed by atoms with van der Waals surface area (Å²) >= 11 is 3.32. The minimum Gasteiger partial charge on any atom is -0.369 e. The van der Waals surface area contributed by atoms with Gasteiger partial charge in [0.05, 0.1) is 22.5 Å². The highest BCUT2D eigenvalue weighted by Crippen LogP contribution is 2.25. The second kappa shape index (κ2) is 5.85. The first-order valence-electron chi connectivity index (χ1n) is 6.65. The van der Waals surface area contributed by atoms with Gasteiger partial charge in [0.25, 0.3) is 0 Å². The number of hydrogen-bond donors (Lipinski definition) is 1. The van der Waals surface area contributed by atoms with E-state index in [1.54, 1.807) is 22.7 Å². The lowest BCUT2D eigenvalue weighted by atomic mass is 10.3. The minimum absolute atomic E-state index is 0.693. The van der Waals surface area contributed by atoms with Crippen molar-refractivity contribution in [3.05, 3.63) is 33.4 Å². The van der Waals surface area contributed by atoms with E-state index in [4.69, 9.17) is 0 Å². The number of fused-ring (bicyclic) bond motifs is 1. The molecule has 3 heterocycles. The van der Waals surface area contributed by atoms with Crippen molar-refractivity contribution < 1.29 is 0 Å². The van der Waals surface area contributed by atoms with Crippen molar-refractivity contribution in [2.75, 3.05) is 11.9 Å². The maximum atomic E-state index is 4.66. The van der Waals surface area contributed by atoms with Crippen molar-refractivity contribution in [1.29, 1.82) is 0 Å². The van der Waals surface area contributed by atoms with Crippen LogP contribution in [0.3, 0.4) is 0 Å². The summed E-state index contributed by atoms with van der Waals surface area (Å²) in [6.45, 7) is 5.10. The standard InChI is InChI=1S/C14H16N4S2/c1-3-5-15-13-11-4-6-19-14(11)18-12(17-13)7-10-8-20-9(2)16-10/h4,6,8H,3,5,7H2,1-2H3,(H,15,17,18). The van der Waals surface area contributed by atoms with Gasteiger partial charge in [0.2, 0.25) is 0 Å². The van der Waals surface area contributed by atoms with Gasteiger partial charge in [-0.2, -0.15) is 0 Å². The summed E-state index contributed by atoms with van der Waals surface area (Å²) in [5, 5.41) is 9.73. The second-order valence-corrected chi connectivity index (χ2v) is 6.55. The number of thiazole rings is 1. The monoisotopic (exact) mass is 304 g/mol. The SMILES string of the molecule is CCCNc1nc(Cc2csc(C)n2)nc2sccc12. The highest BCUT2D eigenvalue weighted by Gasteiger charge is 2.10. The summed E-state index contributed by atoms with van der Waals surface area (Å²) in [5.74, 6) is 1.78. The normalized spacial score (nSPS) is 11.1. The van der Waals surface area contributed by atoms with Crippen LogP contribution in [-0.4, -0.2) is 21.5 Å². The van der Waals surface area contributed by atoms with Crippen molar-refractivity contribution >= 4 is 38.7 Å². The van der Waals surface area contributed by atoms with Gasteiger partial charge >= 0.3 is 0 Å². The van der Waals surface area contributed by atoms with Gasteiger partial charge in [0.1, 0.15) is 16.5 Å². The quantitative estimate of drug-likeness (QED) is 0.777. The molecule has 104 valence electrons. The molecule has 6 heteroatoms. The van der Waals surface area contributed by atoms with Gasteiger partial charge in [0, 0.05) is 11.9 Å². The minimum atomic E-state index is 0.693. The number of nitrogens with one attached hydrogen (secondary N) is 1. The van der Waals surface area contributed by atoms with Gasteiger partial charge in [-0.1, -0.05) is 6.92 Å². The Morgan fingerprint density at radius 3 is 2.85 bits per heavy atom. The van der Waals surface area contributed by atoms with Gasteiger partial charge in [-0.05, 0) is 24.8 Å². The summed E-state index contributed by atoms with van der Waals surface area (Å²) in [6, 6.07) is 2.08. The van der Waals surface area contributed by atoms with Crippen molar-refractivity contribution in [2.45, 2.75) is 26.7 Å². The van der Waals surface area contributed by atoms with Crippen molar-refractivity contribution in [1.82, 2.24) is 15.0 Å². The third-order valence-electron chi connectivity index (χ3n) is 2.92. The Labute approximate surface area is 125 Å². The van der Waals surface area contributed by atoms with Gasteiger partial charge in [-0.15, -0.1) is 22.7 Å². The first-order chi connectivity index (χ1) is 9.76. The van der Waals surface area contributed by atoms with Gasteiger partial charge in [-0.3, -0.25) is 0 Å². The fourth-order valence-corrected chi connectivity index (χ4v) is 3.40. The van der Waals surface area contributed by atoms with E-state index in [0.29, 0.717) is 6.42 Å². The van der Waals surface area contributed by atoms with Crippen LogP contribution in [0, 0.1) is 6.92 Å². The van der Waals surface area contributed by atoms with E-state index in [-0.39, 0.29) is 0 Å². The molecule has 0 saturated heterocycles. The summed E-state index contributed by atoms with van der Waals surface area (Å²) in [6.07, 6.45) is 1.77. The zero-order valence-corrected chi connectivity index (χ0v) is 13.1. The smallest absolute Gasteiger partial charge is 0.138 e. The molecule has 1 N–H and O–H groups in total. The lowest BCUT2D eigenvalue weighted by Gasteiger charge is -2.07. The maximum Gasteiger partial charge on any atom is 0.138 e. The Bertz CT molecular complexity index is 717. The number of rotatable bonds is 5. The van der Waals surface area contributed by atoms with Gasteiger partial charge < -0.3 is 5.32 Å². The van der Waals surface area contributed by atoms with Crippen LogP contribution in [0.4, 0.5) is 5.82 Å². The number of aryl methyl sites for hydroxylation is 1. The molecule has 0 aliphatic rings. The molecule has 3 rings (SSSR count). The van der Waals surface area contributed by atoms with E-state index >= 15 is 0 Å². The molecular weight excluding hydrogens is 288 g/mol. The van der Waals surface area contributed by atoms with Crippen LogP contribution in [-0.2, 0) is 6.42 Å². The van der Waals surface area contributed by atoms with Crippen LogP contribution in [0.2, 0.25) is 0 Å². The van der Waals surface area contributed by atoms with E-state index in [1.165, 1.54) is 0 Å². The van der Waals surface area contributed by atoms with E-state index in [1.807, 2.05) is 6.92 Å². The van der Waals surface area contributed by atoms with Gasteiger partial charge in [0.15, 0.2) is 0 Å². The Morgan fingerprint density at radius 2 is 2.10 bits per heavy atom. The van der Waals surface area contributed by atoms with E-state index in [2.05, 4.69) is 44.0 Å². The zero-order valence-electron chi connectivity index (χ0n) is 11.5. The second-order valence-electron chi connectivity index (χ2n) is 4.59. The molecule has 3 aromatic heterocycles. The fraction of sp³-hybridized carbons (Fsp3) is 0.357. The molecule has 0 atom stereocenters. The average molecular weight is 304 g/mol. The molecule has 4 nitrogen and oxygen atoms in total. The molecule has 0 fully saturated rings. The Morgan fingerprint density at radius 1 is 1.20 bits per heavy atom. The van der Waals surface area contributed by atoms with Crippen LogP contribution in [0.15, 0.2) is 16.8 Å². The molecule has 20 heavy (non-hydrogen) atoms. The zero-order chi connectivity index (χ0) is 13.9. The predicted octanol–water partition coefficient (Wildman–Crippen LogP) is 3.87. The van der Waals surface area contributed by atoms with Crippen LogP contribution >= 0.6 is 22.7 Å². The summed E-state index contributed by atoms with van der Waals surface area (Å²) in [7, 11) is 0. The van der Waals surface area contributed by atoms with Crippen LogP contribution in [0.25, 0.3) is 10.2 Å². The van der Waals surface area contributed by atoms with Crippen molar-refractivity contribution in [2.24, 2.45) is 0 Å². The molecule has 0 unspecified atom stereocenters. The van der Waals surface area contributed by atoms with Crippen LogP contribution < -0.4 is 5.32 Å². The fourth-order valence-electron chi connectivity index (χ4n) is 2.01. The average Bonchev–Trinajstić information content (AvgIpc) is 3.05. The Kier molecular flexibility index (Phi) is 3.93. The third kappa shape index (κ3) is 2.81. The summed E-state index contributed by atoms with van der Waals surface area (Å²) < 4.78 is 0. The first kappa shape index (κ1) is 13.5. The molecule has 0 radical (unpaired) electrons. The lowest BCUT2D eigenvalue weighted by molar-refractivity contribution is 0.935. The first-order valence-corrected chi connectivity index (χ1v) is 8.41. The summed E-state index contributed by atoms with van der Waals surface area (Å²) in [5.41, 5.74) is 1.05. The van der Waals surface area contributed by atoms with Crippen LogP contribution in [0.5, 0.6) is 0 Å². The van der Waals surface area contributed by atoms with Crippen LogP contribution in [0.1, 0.15) is 29.9 Å². The largest absolute Gasteiger partial charge is 0.369 e. The summed E-state index contributed by atoms with van der Waals surface area (Å²) in [4.78, 5) is 14.8. The topological polar surface area (TPSA) is 50.7 Å². The van der Waals surface area contributed by atoms with E-state index < -0.39 is 0 Å². The lowest BCUT2D eigenvalue weighted by Crippen LogP contribution is -2.06. The van der Waals surface area contributed by atoms with Crippen molar-refractivity contribution in [3.8, 4) is 0 Å². The predicted molar refractivity (Wildman–Crippen MR) is 85.9 cm³/mol. The molecule has 0 saturated carbocycles. The Hall–Kier alpha value is -1.53. The molecule has 0 bridgehead atoms. The molecule has 0 aliphatic heterocycles. The highest BCUT2D eigenvalue weighted by molar-refractivity contribution is 7.16. The molecule has 3 aromatic rings. The number of aromatic nitrogens is 3. The Balaban J connectivity index is 1.94. The number of anilines is 1. The number of nitrogens with zero attached hydrogens (tertiary/aromatic N) is 3. The molecule has 0 amide bonds. The number of hydrogen-bond acceptors (Lipinski definition) is 6. The number of thiophene rings is 1. The van der Waals surface area contributed by atoms with Gasteiger partial charge in [-0.25, -0.2) is 15.0 Å². The van der Waals surface area contributed by atoms with E-state index in [0.717, 1.165) is 45.5 Å². The van der Waals surface area contributed by atoms with Crippen molar-refractivity contribution in [3.63, 3.8) is 0 Å². The molecule has 0 aromatic carbocycles. The molecule has 0 spiro atoms. The highest BCUT2D eigenvalue weighted by atomic mass is 32.1. The maximum absolute atomic E-state index is 4.66.